The van der Waals surface area contributed by atoms with E-state index in [0.717, 1.165) is 25.7 Å². The summed E-state index contributed by atoms with van der Waals surface area (Å²) in [5.41, 5.74) is 0. The molecule has 0 aromatic rings. The fraction of sp³-hybridized carbons (Fsp3) is 0.700. The molecule has 0 aromatic heterocycles. The first-order chi connectivity index (χ1) is 5.25. The minimum Gasteiger partial charge on any atom is -0.299 e. The van der Waals surface area contributed by atoms with Crippen molar-refractivity contribution in [1.29, 1.82) is 0 Å². The third kappa shape index (κ3) is 1.92. The van der Waals surface area contributed by atoms with Crippen molar-refractivity contribution in [2.24, 2.45) is 11.8 Å². The first-order valence-corrected chi connectivity index (χ1v) is 4.39. The Bertz CT molecular complexity index is 160. The van der Waals surface area contributed by atoms with Gasteiger partial charge in [0.15, 0.2) is 0 Å². The van der Waals surface area contributed by atoms with Crippen molar-refractivity contribution < 1.29 is 4.79 Å². The molecule has 0 heterocycles. The number of allylic oxidation sites excluding steroid dienone is 1. The van der Waals surface area contributed by atoms with Crippen molar-refractivity contribution >= 4 is 5.78 Å². The lowest BCUT2D eigenvalue weighted by Gasteiger charge is -2.11. The molecule has 1 saturated carbocycles. The van der Waals surface area contributed by atoms with E-state index in [0.29, 0.717) is 17.6 Å². The molecule has 0 amide bonds. The molecule has 1 nitrogen and oxygen atoms in total. The number of carbonyl (C=O) groups excluding carboxylic acids is 1. The van der Waals surface area contributed by atoms with E-state index in [1.807, 2.05) is 6.08 Å². The van der Waals surface area contributed by atoms with Crippen molar-refractivity contribution in [2.45, 2.75) is 32.6 Å². The number of hydrogen-bond donors (Lipinski definition) is 0. The second kappa shape index (κ2) is 3.70. The van der Waals surface area contributed by atoms with Gasteiger partial charge in [0.1, 0.15) is 5.78 Å². The van der Waals surface area contributed by atoms with Gasteiger partial charge in [-0.25, -0.2) is 0 Å². The molecule has 0 spiro atoms. The van der Waals surface area contributed by atoms with Gasteiger partial charge in [0.25, 0.3) is 0 Å². The van der Waals surface area contributed by atoms with E-state index in [2.05, 4.69) is 13.5 Å². The second-order valence-electron chi connectivity index (χ2n) is 3.42. The highest BCUT2D eigenvalue weighted by atomic mass is 16.1. The van der Waals surface area contributed by atoms with Crippen LogP contribution in [0.5, 0.6) is 0 Å². The number of ketones is 1. The molecular weight excluding hydrogens is 136 g/mol. The molecule has 1 heteroatoms. The maximum absolute atomic E-state index is 11.1. The Morgan fingerprint density at radius 1 is 1.73 bits per heavy atom. The van der Waals surface area contributed by atoms with Gasteiger partial charge in [-0.2, -0.15) is 0 Å². The van der Waals surface area contributed by atoms with E-state index in [4.69, 9.17) is 0 Å². The molecule has 0 aliphatic heterocycles. The minimum absolute atomic E-state index is 0.315. The lowest BCUT2D eigenvalue weighted by Crippen LogP contribution is -2.09. The normalized spacial score (nSPS) is 30.8. The summed E-state index contributed by atoms with van der Waals surface area (Å²) >= 11 is 0. The molecule has 11 heavy (non-hydrogen) atoms. The third-order valence-electron chi connectivity index (χ3n) is 2.72. The van der Waals surface area contributed by atoms with Gasteiger partial charge < -0.3 is 0 Å². The van der Waals surface area contributed by atoms with Crippen LogP contribution in [0, 0.1) is 11.8 Å². The van der Waals surface area contributed by atoms with Crippen LogP contribution in [0.15, 0.2) is 12.7 Å². The molecule has 1 aliphatic rings. The standard InChI is InChI=1S/C10H16O/c1-3-4-5-9-6-7-10(11)8(9)2/h3,8-9H,1,4-7H2,2H3/t8-,9-/m0/s1. The van der Waals surface area contributed by atoms with Crippen LogP contribution in [-0.2, 0) is 4.79 Å². The van der Waals surface area contributed by atoms with Crippen LogP contribution in [0.25, 0.3) is 0 Å². The van der Waals surface area contributed by atoms with Crippen LogP contribution >= 0.6 is 0 Å². The van der Waals surface area contributed by atoms with E-state index < -0.39 is 0 Å². The van der Waals surface area contributed by atoms with Crippen molar-refractivity contribution in [3.8, 4) is 0 Å². The minimum atomic E-state index is 0.315. The topological polar surface area (TPSA) is 17.1 Å². The molecule has 1 aliphatic carbocycles. The van der Waals surface area contributed by atoms with Gasteiger partial charge in [0.2, 0.25) is 0 Å². The zero-order chi connectivity index (χ0) is 8.27. The van der Waals surface area contributed by atoms with Crippen LogP contribution in [0.4, 0.5) is 0 Å². The monoisotopic (exact) mass is 152 g/mol. The highest BCUT2D eigenvalue weighted by Crippen LogP contribution is 2.31. The predicted molar refractivity (Wildman–Crippen MR) is 46.3 cm³/mol. The summed E-state index contributed by atoms with van der Waals surface area (Å²) in [5.74, 6) is 1.41. The Labute approximate surface area is 68.5 Å². The molecule has 0 bridgehead atoms. The van der Waals surface area contributed by atoms with Crippen LogP contribution in [-0.4, -0.2) is 5.78 Å². The SMILES string of the molecule is C=CCC[C@H]1CCC(=O)[C@H]1C. The number of carbonyl (C=O) groups is 1. The quantitative estimate of drug-likeness (QED) is 0.568. The van der Waals surface area contributed by atoms with Gasteiger partial charge in [-0.15, -0.1) is 6.58 Å². The molecule has 0 unspecified atom stereocenters. The summed E-state index contributed by atoms with van der Waals surface area (Å²) < 4.78 is 0. The molecule has 0 saturated heterocycles. The summed E-state index contributed by atoms with van der Waals surface area (Å²) in [7, 11) is 0. The average molecular weight is 152 g/mol. The maximum atomic E-state index is 11.1. The molecule has 0 N–H and O–H groups in total. The van der Waals surface area contributed by atoms with Gasteiger partial charge in [-0.3, -0.25) is 4.79 Å². The number of rotatable bonds is 3. The van der Waals surface area contributed by atoms with Gasteiger partial charge in [-0.1, -0.05) is 13.0 Å². The van der Waals surface area contributed by atoms with Crippen LogP contribution in [0.1, 0.15) is 32.6 Å². The van der Waals surface area contributed by atoms with Crippen molar-refractivity contribution in [1.82, 2.24) is 0 Å². The molecule has 62 valence electrons. The van der Waals surface area contributed by atoms with Gasteiger partial charge in [0, 0.05) is 12.3 Å². The molecule has 0 radical (unpaired) electrons. The van der Waals surface area contributed by atoms with E-state index in [1.165, 1.54) is 0 Å². The second-order valence-corrected chi connectivity index (χ2v) is 3.42. The van der Waals surface area contributed by atoms with Crippen LogP contribution in [0.2, 0.25) is 0 Å². The van der Waals surface area contributed by atoms with E-state index >= 15 is 0 Å². The molecular formula is C10H16O. The fourth-order valence-corrected chi connectivity index (χ4v) is 1.79. The summed E-state index contributed by atoms with van der Waals surface area (Å²) in [6.45, 7) is 5.74. The average Bonchev–Trinajstić information content (AvgIpc) is 2.31. The Hall–Kier alpha value is -0.590. The summed E-state index contributed by atoms with van der Waals surface area (Å²) in [6, 6.07) is 0. The molecule has 1 rings (SSSR count). The lowest BCUT2D eigenvalue weighted by molar-refractivity contribution is -0.120. The van der Waals surface area contributed by atoms with Gasteiger partial charge in [0.05, 0.1) is 0 Å². The molecule has 1 fully saturated rings. The number of hydrogen-bond acceptors (Lipinski definition) is 1. The summed E-state index contributed by atoms with van der Waals surface area (Å²) in [5, 5.41) is 0. The Morgan fingerprint density at radius 2 is 2.45 bits per heavy atom. The van der Waals surface area contributed by atoms with Gasteiger partial charge >= 0.3 is 0 Å². The number of Topliss-reactive ketones (excluding diaryl/α,β-unsaturated/α-hetero) is 1. The maximum Gasteiger partial charge on any atom is 0.135 e. The lowest BCUT2D eigenvalue weighted by atomic mass is 9.93. The van der Waals surface area contributed by atoms with Gasteiger partial charge in [-0.05, 0) is 25.2 Å². The summed E-state index contributed by atoms with van der Waals surface area (Å²) in [6.07, 6.45) is 6.06. The van der Waals surface area contributed by atoms with E-state index in [1.54, 1.807) is 0 Å². The predicted octanol–water partition coefficient (Wildman–Crippen LogP) is 2.57. The Morgan fingerprint density at radius 3 is 2.91 bits per heavy atom. The van der Waals surface area contributed by atoms with Crippen LogP contribution < -0.4 is 0 Å². The fourth-order valence-electron chi connectivity index (χ4n) is 1.79. The highest BCUT2D eigenvalue weighted by Gasteiger charge is 2.29. The molecule has 2 atom stereocenters. The van der Waals surface area contributed by atoms with E-state index in [-0.39, 0.29) is 0 Å². The van der Waals surface area contributed by atoms with Crippen LogP contribution in [0.3, 0.4) is 0 Å². The highest BCUT2D eigenvalue weighted by molar-refractivity contribution is 5.82. The zero-order valence-electron chi connectivity index (χ0n) is 7.18. The van der Waals surface area contributed by atoms with Crippen molar-refractivity contribution in [2.75, 3.05) is 0 Å². The Balaban J connectivity index is 2.35. The first-order valence-electron chi connectivity index (χ1n) is 4.39. The molecule has 0 aromatic carbocycles. The zero-order valence-corrected chi connectivity index (χ0v) is 7.18. The third-order valence-corrected chi connectivity index (χ3v) is 2.72. The van der Waals surface area contributed by atoms with E-state index in [9.17, 15) is 4.79 Å². The smallest absolute Gasteiger partial charge is 0.135 e. The first kappa shape index (κ1) is 8.51. The van der Waals surface area contributed by atoms with Crippen molar-refractivity contribution in [3.05, 3.63) is 12.7 Å². The largest absolute Gasteiger partial charge is 0.299 e. The summed E-state index contributed by atoms with van der Waals surface area (Å²) in [4.78, 5) is 11.1. The Kier molecular flexibility index (Phi) is 2.86. The van der Waals surface area contributed by atoms with Crippen molar-refractivity contribution in [3.63, 3.8) is 0 Å².